The number of benzene rings is 10. The number of fused-ring (bicyclic) bond motifs is 10. The lowest BCUT2D eigenvalue weighted by molar-refractivity contribution is 0.793. The molecule has 1 atom stereocenters. The van der Waals surface area contributed by atoms with Gasteiger partial charge in [-0.3, -0.25) is 0 Å². The zero-order chi connectivity index (χ0) is 46.1. The van der Waals surface area contributed by atoms with Gasteiger partial charge < -0.3 is 9.80 Å². The second-order valence-corrected chi connectivity index (χ2v) is 16.1. The molecule has 12 rings (SSSR count). The van der Waals surface area contributed by atoms with E-state index < -0.39 is 11.5 Å². The third-order valence-corrected chi connectivity index (χ3v) is 12.7. The van der Waals surface area contributed by atoms with Gasteiger partial charge in [-0.15, -0.1) is 0 Å². The van der Waals surface area contributed by atoms with Crippen LogP contribution in [0.4, 0.5) is 34.1 Å². The molecule has 2 nitrogen and oxygen atoms in total. The van der Waals surface area contributed by atoms with E-state index in [2.05, 4.69) is 192 Å². The van der Waals surface area contributed by atoms with Crippen molar-refractivity contribution in [2.24, 2.45) is 0 Å². The lowest BCUT2D eigenvalue weighted by atomic mass is 9.70. The third kappa shape index (κ3) is 5.95. The number of nitrogens with zero attached hydrogens (tertiary/aromatic N) is 2. The topological polar surface area (TPSA) is 6.48 Å². The molecular formula is C61H42N2. The minimum Gasteiger partial charge on any atom is -0.310 e. The maximum atomic E-state index is 8.91. The highest BCUT2D eigenvalue weighted by molar-refractivity contribution is 5.97. The van der Waals surface area contributed by atoms with Crippen molar-refractivity contribution in [3.05, 3.63) is 277 Å². The van der Waals surface area contributed by atoms with Crippen LogP contribution in [0.1, 0.15) is 29.1 Å². The Hall–Kier alpha value is -8.20. The van der Waals surface area contributed by atoms with Crippen molar-refractivity contribution >= 4 is 34.1 Å². The molecule has 296 valence electrons. The predicted molar refractivity (Wildman–Crippen MR) is 263 cm³/mol. The number of rotatable bonds is 8. The molecule has 0 radical (unpaired) electrons. The smallest absolute Gasteiger partial charge is 0.0727 e. The van der Waals surface area contributed by atoms with Crippen molar-refractivity contribution < 1.29 is 6.85 Å². The van der Waals surface area contributed by atoms with Gasteiger partial charge in [0.1, 0.15) is 0 Å². The third-order valence-electron chi connectivity index (χ3n) is 12.7. The second kappa shape index (κ2) is 15.1. The van der Waals surface area contributed by atoms with Crippen molar-refractivity contribution in [3.8, 4) is 44.5 Å². The van der Waals surface area contributed by atoms with Crippen LogP contribution < -0.4 is 9.80 Å². The molecule has 2 heteroatoms. The summed E-state index contributed by atoms with van der Waals surface area (Å²) in [6, 6.07) is 77.4. The van der Waals surface area contributed by atoms with E-state index in [9.17, 15) is 0 Å². The monoisotopic (exact) mass is 807 g/mol. The molecule has 2 aliphatic rings. The summed E-state index contributed by atoms with van der Waals surface area (Å²) in [7, 11) is 0. The Morgan fingerprint density at radius 2 is 0.651 bits per heavy atom. The Morgan fingerprint density at radius 3 is 1.17 bits per heavy atom. The van der Waals surface area contributed by atoms with E-state index in [-0.39, 0.29) is 29.7 Å². The first kappa shape index (κ1) is 31.6. The zero-order valence-electron chi connectivity index (χ0n) is 39.3. The maximum Gasteiger partial charge on any atom is 0.0727 e. The van der Waals surface area contributed by atoms with Crippen LogP contribution in [0.15, 0.2) is 255 Å². The Labute approximate surface area is 376 Å². The first-order chi connectivity index (χ1) is 33.3. The molecule has 0 saturated carbocycles. The van der Waals surface area contributed by atoms with E-state index in [0.29, 0.717) is 5.56 Å². The molecule has 0 aliphatic heterocycles. The Bertz CT molecular complexity index is 3510. The Morgan fingerprint density at radius 1 is 0.270 bits per heavy atom. The summed E-state index contributed by atoms with van der Waals surface area (Å²) >= 11 is 0. The lowest BCUT2D eigenvalue weighted by Crippen LogP contribution is -2.26. The summed E-state index contributed by atoms with van der Waals surface area (Å²) in [6.45, 7) is 0. The Balaban J connectivity index is 1.11. The molecular weight excluding hydrogens is 761 g/mol. The van der Waals surface area contributed by atoms with Gasteiger partial charge in [0.05, 0.1) is 12.3 Å². The van der Waals surface area contributed by atoms with Crippen molar-refractivity contribution in [3.63, 3.8) is 0 Å². The highest BCUT2D eigenvalue weighted by Crippen LogP contribution is 2.64. The molecule has 0 saturated heterocycles. The molecule has 0 aromatic heterocycles. The first-order valence-electron chi connectivity index (χ1n) is 23.8. The van der Waals surface area contributed by atoms with Gasteiger partial charge in [-0.2, -0.15) is 0 Å². The number of hydrogen-bond acceptors (Lipinski definition) is 2. The van der Waals surface area contributed by atoms with Gasteiger partial charge in [-0.25, -0.2) is 0 Å². The van der Waals surface area contributed by atoms with E-state index in [4.69, 9.17) is 6.85 Å². The molecule has 10 aromatic rings. The van der Waals surface area contributed by atoms with Gasteiger partial charge in [0.15, 0.2) is 0 Å². The summed E-state index contributed by atoms with van der Waals surface area (Å²) < 4.78 is 43.1. The molecule has 0 N–H and O–H groups in total. The van der Waals surface area contributed by atoms with Crippen molar-refractivity contribution in [1.29, 1.82) is 0 Å². The average Bonchev–Trinajstić information content (AvgIpc) is 3.85. The van der Waals surface area contributed by atoms with E-state index in [1.54, 1.807) is 0 Å². The van der Waals surface area contributed by atoms with E-state index >= 15 is 0 Å². The highest BCUT2D eigenvalue weighted by Gasteiger charge is 2.52. The molecule has 10 aromatic carbocycles. The van der Waals surface area contributed by atoms with Crippen LogP contribution in [0.25, 0.3) is 44.5 Å². The second-order valence-electron chi connectivity index (χ2n) is 16.1. The van der Waals surface area contributed by atoms with Crippen molar-refractivity contribution in [2.45, 2.75) is 5.41 Å². The largest absolute Gasteiger partial charge is 0.310 e. The molecule has 0 bridgehead atoms. The van der Waals surface area contributed by atoms with Crippen LogP contribution >= 0.6 is 0 Å². The summed E-state index contributed by atoms with van der Waals surface area (Å²) in [4.78, 5) is 4.56. The molecule has 63 heavy (non-hydrogen) atoms. The summed E-state index contributed by atoms with van der Waals surface area (Å²) in [5, 5.41) is 0. The number of anilines is 6. The summed E-state index contributed by atoms with van der Waals surface area (Å²) in [6.07, 6.45) is 0. The van der Waals surface area contributed by atoms with Gasteiger partial charge in [0.25, 0.3) is 0 Å². The van der Waals surface area contributed by atoms with Crippen LogP contribution in [0, 0.1) is 0 Å². The number of para-hydroxylation sites is 2. The zero-order valence-corrected chi connectivity index (χ0v) is 34.3. The molecule has 1 unspecified atom stereocenters. The summed E-state index contributed by atoms with van der Waals surface area (Å²) in [5.41, 5.74) is 17.5. The van der Waals surface area contributed by atoms with E-state index in [1.807, 2.05) is 42.5 Å². The van der Waals surface area contributed by atoms with Crippen LogP contribution in [0.3, 0.4) is 0 Å². The lowest BCUT2D eigenvalue weighted by Gasteiger charge is -2.33. The fourth-order valence-electron chi connectivity index (χ4n) is 10.1. The molecule has 1 spiro atoms. The maximum absolute atomic E-state index is 8.91. The predicted octanol–water partition coefficient (Wildman–Crippen LogP) is 16.3. The fraction of sp³-hybridized carbons (Fsp3) is 0.0164. The first-order valence-corrected chi connectivity index (χ1v) is 21.3. The normalized spacial score (nSPS) is 15.2. The molecule has 0 heterocycles. The van der Waals surface area contributed by atoms with Gasteiger partial charge >= 0.3 is 0 Å². The molecule has 2 aliphatic carbocycles. The standard InChI is InChI=1S/C61H42N2/c1-5-19-43(20-6-1)45-23-17-29-49(39-45)63(50-30-18-24-46(40-50)44-21-7-2-8-22-44)52-36-38-56-54-32-14-16-34-58(54)61(60(56)42-52)57-33-15-13-31-53(57)55-37-35-51(41-59(55)61)62(47-25-9-3-10-26-47)48-27-11-4-12-28-48/h1-42H/i1D,5D,6D,19D,20D. The Kier molecular flexibility index (Phi) is 7.56. The van der Waals surface area contributed by atoms with Crippen molar-refractivity contribution in [2.75, 3.05) is 9.80 Å². The van der Waals surface area contributed by atoms with Crippen LogP contribution in [-0.2, 0) is 5.41 Å². The molecule has 0 amide bonds. The van der Waals surface area contributed by atoms with E-state index in [0.717, 1.165) is 56.4 Å². The fourth-order valence-corrected chi connectivity index (χ4v) is 10.1. The van der Waals surface area contributed by atoms with Gasteiger partial charge in [-0.05, 0) is 140 Å². The van der Waals surface area contributed by atoms with Gasteiger partial charge in [-0.1, -0.05) is 182 Å². The molecule has 0 fully saturated rings. The van der Waals surface area contributed by atoms with E-state index in [1.165, 1.54) is 33.4 Å². The van der Waals surface area contributed by atoms with Crippen molar-refractivity contribution in [1.82, 2.24) is 0 Å². The minimum absolute atomic E-state index is 0.161. The SMILES string of the molecule is [2H]c1c([2H])c([2H])c(-c2cccc(N(c3cccc(-c4ccccc4)c3)c3ccc4c(c3)C3(c5ccccc5-c5ccc(N(c6ccccc6)c6ccccc6)cc53)c3ccccc3-4)c2)c([2H])c1[2H]. The van der Waals surface area contributed by atoms with Crippen LogP contribution in [0.2, 0.25) is 0 Å². The average molecular weight is 808 g/mol. The van der Waals surface area contributed by atoms with Gasteiger partial charge in [0, 0.05) is 34.1 Å². The van der Waals surface area contributed by atoms with Crippen LogP contribution in [-0.4, -0.2) is 0 Å². The minimum atomic E-state index is -0.685. The summed E-state index contributed by atoms with van der Waals surface area (Å²) in [5.74, 6) is 0. The van der Waals surface area contributed by atoms with Gasteiger partial charge in [0.2, 0.25) is 0 Å². The van der Waals surface area contributed by atoms with Crippen LogP contribution in [0.5, 0.6) is 0 Å². The quantitative estimate of drug-likeness (QED) is 0.151. The highest BCUT2D eigenvalue weighted by atomic mass is 15.1. The number of hydrogen-bond donors (Lipinski definition) is 0.